The average molecular weight is 261 g/mol. The molecule has 0 radical (unpaired) electrons. The van der Waals surface area contributed by atoms with Crippen LogP contribution in [0.15, 0.2) is 30.5 Å². The first kappa shape index (κ1) is 13.3. The van der Waals surface area contributed by atoms with Gasteiger partial charge in [0.05, 0.1) is 0 Å². The second-order valence-electron chi connectivity index (χ2n) is 3.97. The molecule has 2 rings (SSSR count). The van der Waals surface area contributed by atoms with Crippen LogP contribution >= 0.6 is 0 Å². The molecule has 1 heterocycles. The quantitative estimate of drug-likeness (QED) is 0.637. The van der Waals surface area contributed by atoms with Gasteiger partial charge in [-0.2, -0.15) is 0 Å². The molecule has 0 saturated carbocycles. The van der Waals surface area contributed by atoms with Gasteiger partial charge in [-0.3, -0.25) is 4.79 Å². The van der Waals surface area contributed by atoms with Crippen molar-refractivity contribution in [2.45, 2.75) is 6.92 Å². The number of H-pyrrole nitrogens is 1. The number of ketones is 1. The minimum atomic E-state index is -0.532. The van der Waals surface area contributed by atoms with Crippen molar-refractivity contribution in [3.8, 4) is 0 Å². The van der Waals surface area contributed by atoms with Gasteiger partial charge in [-0.15, -0.1) is 0 Å². The summed E-state index contributed by atoms with van der Waals surface area (Å²) in [6.45, 7) is 1.82. The van der Waals surface area contributed by atoms with Crippen LogP contribution in [0.3, 0.4) is 0 Å². The van der Waals surface area contributed by atoms with Crippen molar-refractivity contribution in [1.29, 1.82) is 0 Å². The van der Waals surface area contributed by atoms with Crippen LogP contribution in [-0.2, 0) is 14.3 Å². The number of hydrogen-bond donors (Lipinski definition) is 1. The van der Waals surface area contributed by atoms with Crippen LogP contribution in [0.25, 0.3) is 10.9 Å². The summed E-state index contributed by atoms with van der Waals surface area (Å²) in [6.07, 6.45) is 1.63. The zero-order valence-electron chi connectivity index (χ0n) is 10.6. The number of benzene rings is 1. The van der Waals surface area contributed by atoms with E-state index >= 15 is 0 Å². The molecular weight excluding hydrogens is 246 g/mol. The predicted octanol–water partition coefficient (Wildman–Crippen LogP) is 1.93. The highest BCUT2D eigenvalue weighted by molar-refractivity contribution is 6.08. The van der Waals surface area contributed by atoms with Crippen molar-refractivity contribution in [3.63, 3.8) is 0 Å². The third-order valence-corrected chi connectivity index (χ3v) is 2.68. The van der Waals surface area contributed by atoms with Crippen molar-refractivity contribution < 1.29 is 19.1 Å². The van der Waals surface area contributed by atoms with Gasteiger partial charge in [-0.1, -0.05) is 18.2 Å². The molecule has 0 amide bonds. The van der Waals surface area contributed by atoms with Gasteiger partial charge >= 0.3 is 5.97 Å². The summed E-state index contributed by atoms with van der Waals surface area (Å²) in [5.41, 5.74) is 1.41. The second kappa shape index (κ2) is 6.15. The molecule has 5 heteroatoms. The van der Waals surface area contributed by atoms with E-state index in [1.165, 1.54) is 0 Å². The van der Waals surface area contributed by atoms with Crippen LogP contribution in [0.4, 0.5) is 0 Å². The minimum Gasteiger partial charge on any atom is -0.456 e. The Bertz CT molecular complexity index is 588. The Hall–Kier alpha value is -2.14. The van der Waals surface area contributed by atoms with E-state index in [2.05, 4.69) is 4.98 Å². The molecule has 1 aromatic carbocycles. The van der Waals surface area contributed by atoms with Crippen LogP contribution in [0.1, 0.15) is 17.3 Å². The van der Waals surface area contributed by atoms with Crippen LogP contribution in [0, 0.1) is 0 Å². The van der Waals surface area contributed by atoms with Gasteiger partial charge in [0.1, 0.15) is 6.61 Å². The van der Waals surface area contributed by atoms with Gasteiger partial charge in [0.25, 0.3) is 0 Å². The number of nitrogens with one attached hydrogen (secondary N) is 1. The number of ether oxygens (including phenoxy) is 2. The monoisotopic (exact) mass is 261 g/mol. The average Bonchev–Trinajstić information content (AvgIpc) is 2.86. The van der Waals surface area contributed by atoms with Crippen molar-refractivity contribution in [2.75, 3.05) is 19.8 Å². The van der Waals surface area contributed by atoms with E-state index in [9.17, 15) is 9.59 Å². The van der Waals surface area contributed by atoms with Crippen molar-refractivity contribution in [1.82, 2.24) is 4.98 Å². The number of Topliss-reactive ketones (excluding diaryl/α,β-unsaturated/α-hetero) is 1. The lowest BCUT2D eigenvalue weighted by atomic mass is 10.1. The number of rotatable bonds is 6. The maximum Gasteiger partial charge on any atom is 0.332 e. The number of esters is 1. The maximum atomic E-state index is 12.0. The largest absolute Gasteiger partial charge is 0.456 e. The highest BCUT2D eigenvalue weighted by Gasteiger charge is 2.13. The molecule has 0 aliphatic heterocycles. The molecule has 0 aliphatic carbocycles. The van der Waals surface area contributed by atoms with E-state index < -0.39 is 5.97 Å². The number of carbonyl (C=O) groups excluding carboxylic acids is 2. The highest BCUT2D eigenvalue weighted by Crippen LogP contribution is 2.18. The summed E-state index contributed by atoms with van der Waals surface area (Å²) >= 11 is 0. The zero-order chi connectivity index (χ0) is 13.7. The minimum absolute atomic E-state index is 0.127. The summed E-state index contributed by atoms with van der Waals surface area (Å²) in [5.74, 6) is -0.766. The predicted molar refractivity (Wildman–Crippen MR) is 70.1 cm³/mol. The van der Waals surface area contributed by atoms with Crippen molar-refractivity contribution >= 4 is 22.7 Å². The molecule has 0 fully saturated rings. The van der Waals surface area contributed by atoms with E-state index in [1.54, 1.807) is 13.1 Å². The summed E-state index contributed by atoms with van der Waals surface area (Å²) in [7, 11) is 0. The van der Waals surface area contributed by atoms with Crippen LogP contribution < -0.4 is 0 Å². The Morgan fingerprint density at radius 2 is 2.00 bits per heavy atom. The summed E-state index contributed by atoms with van der Waals surface area (Å²) in [6, 6.07) is 7.47. The third kappa shape index (κ3) is 3.20. The number of hydrogen-bond acceptors (Lipinski definition) is 4. The maximum absolute atomic E-state index is 12.0. The van der Waals surface area contributed by atoms with Crippen LogP contribution in [0.2, 0.25) is 0 Å². The molecule has 0 unspecified atom stereocenters. The summed E-state index contributed by atoms with van der Waals surface area (Å²) < 4.78 is 9.75. The topological polar surface area (TPSA) is 68.4 Å². The molecule has 100 valence electrons. The van der Waals surface area contributed by atoms with E-state index in [-0.39, 0.29) is 19.0 Å². The number of aromatic nitrogens is 1. The molecule has 2 aromatic rings. The Morgan fingerprint density at radius 1 is 1.21 bits per heavy atom. The van der Waals surface area contributed by atoms with Crippen LogP contribution in [-0.4, -0.2) is 36.6 Å². The molecule has 0 spiro atoms. The third-order valence-electron chi connectivity index (χ3n) is 2.68. The first-order valence-electron chi connectivity index (χ1n) is 6.05. The normalized spacial score (nSPS) is 10.6. The molecule has 0 aliphatic rings. The molecule has 5 nitrogen and oxygen atoms in total. The molecular formula is C14H15NO4. The number of para-hydroxylation sites is 1. The molecule has 1 N–H and O–H groups in total. The standard InChI is InChI=1S/C14H15NO4/c1-2-18-9-14(17)19-8-13(16)11-7-15-12-6-4-3-5-10(11)12/h3-7,15H,2,8-9H2,1H3. The SMILES string of the molecule is CCOCC(=O)OCC(=O)c1c[nH]c2ccccc12. The zero-order valence-corrected chi connectivity index (χ0v) is 10.6. The molecule has 0 bridgehead atoms. The smallest absolute Gasteiger partial charge is 0.332 e. The fourth-order valence-electron chi connectivity index (χ4n) is 1.75. The summed E-state index contributed by atoms with van der Waals surface area (Å²) in [4.78, 5) is 26.2. The van der Waals surface area contributed by atoms with Crippen molar-refractivity contribution in [3.05, 3.63) is 36.0 Å². The van der Waals surface area contributed by atoms with Gasteiger partial charge < -0.3 is 14.5 Å². The van der Waals surface area contributed by atoms with E-state index in [1.807, 2.05) is 24.3 Å². The Labute approximate surface area is 110 Å². The lowest BCUT2D eigenvalue weighted by Gasteiger charge is -2.03. The summed E-state index contributed by atoms with van der Waals surface area (Å²) in [5, 5.41) is 0.827. The Morgan fingerprint density at radius 3 is 2.79 bits per heavy atom. The Kier molecular flexibility index (Phi) is 4.30. The van der Waals surface area contributed by atoms with Crippen LogP contribution in [0.5, 0.6) is 0 Å². The highest BCUT2D eigenvalue weighted by atomic mass is 16.6. The van der Waals surface area contributed by atoms with E-state index in [0.717, 1.165) is 10.9 Å². The molecule has 19 heavy (non-hydrogen) atoms. The first-order chi connectivity index (χ1) is 9.22. The van der Waals surface area contributed by atoms with E-state index in [4.69, 9.17) is 9.47 Å². The van der Waals surface area contributed by atoms with E-state index in [0.29, 0.717) is 12.2 Å². The molecule has 0 saturated heterocycles. The van der Waals surface area contributed by atoms with Gasteiger partial charge in [0.2, 0.25) is 5.78 Å². The fourth-order valence-corrected chi connectivity index (χ4v) is 1.75. The first-order valence-corrected chi connectivity index (χ1v) is 6.05. The van der Waals surface area contributed by atoms with Gasteiger partial charge in [0.15, 0.2) is 6.61 Å². The Balaban J connectivity index is 1.98. The fraction of sp³-hybridized carbons (Fsp3) is 0.286. The van der Waals surface area contributed by atoms with Crippen molar-refractivity contribution in [2.24, 2.45) is 0 Å². The van der Waals surface area contributed by atoms with Gasteiger partial charge in [-0.05, 0) is 13.0 Å². The number of fused-ring (bicyclic) bond motifs is 1. The van der Waals surface area contributed by atoms with Gasteiger partial charge in [0, 0.05) is 29.3 Å². The second-order valence-corrected chi connectivity index (χ2v) is 3.97. The lowest BCUT2D eigenvalue weighted by molar-refractivity contribution is -0.147. The lowest BCUT2D eigenvalue weighted by Crippen LogP contribution is -2.17. The number of aromatic amines is 1. The molecule has 1 aromatic heterocycles. The number of carbonyl (C=O) groups is 2. The van der Waals surface area contributed by atoms with Gasteiger partial charge in [-0.25, -0.2) is 4.79 Å². The molecule has 0 atom stereocenters.